The molecule has 1 atom stereocenters. The minimum atomic E-state index is -1.02. The summed E-state index contributed by atoms with van der Waals surface area (Å²) in [6, 6.07) is 12.2. The van der Waals surface area contributed by atoms with Crippen LogP contribution in [0.15, 0.2) is 48.7 Å². The number of nitrogens with zero attached hydrogens (tertiary/aromatic N) is 2. The van der Waals surface area contributed by atoms with E-state index in [0.29, 0.717) is 42.3 Å². The van der Waals surface area contributed by atoms with Crippen molar-refractivity contribution in [2.24, 2.45) is 5.73 Å². The standard InChI is InChI=1S/C23H26N4O4/c1-14-11-16(31-2)12-19(28)20(14)21-17(15-7-4-3-5-8-15)13-26-23(27-21)25-10-6-9-18(24)22(29)30/h3-5,7-8,11-13,18,28H,6,9-10,24H2,1-2H3,(H,29,30)(H,25,26,27). The highest BCUT2D eigenvalue weighted by Crippen LogP contribution is 2.40. The molecule has 1 unspecified atom stereocenters. The van der Waals surface area contributed by atoms with Crippen LogP contribution in [0.4, 0.5) is 5.95 Å². The van der Waals surface area contributed by atoms with Gasteiger partial charge in [0.25, 0.3) is 0 Å². The molecule has 31 heavy (non-hydrogen) atoms. The summed E-state index contributed by atoms with van der Waals surface area (Å²) in [6.45, 7) is 2.35. The highest BCUT2D eigenvalue weighted by molar-refractivity contribution is 5.85. The number of carbonyl (C=O) groups is 1. The molecule has 8 nitrogen and oxygen atoms in total. The lowest BCUT2D eigenvalue weighted by atomic mass is 9.97. The molecule has 1 aromatic heterocycles. The van der Waals surface area contributed by atoms with Gasteiger partial charge in [0.2, 0.25) is 5.95 Å². The summed E-state index contributed by atoms with van der Waals surface area (Å²) in [5, 5.41) is 22.7. The SMILES string of the molecule is COc1cc(C)c(-c2nc(NCCCC(N)C(=O)O)ncc2-c2ccccc2)c(O)c1. The third kappa shape index (κ3) is 5.29. The fourth-order valence-electron chi connectivity index (χ4n) is 3.29. The van der Waals surface area contributed by atoms with E-state index < -0.39 is 12.0 Å². The Hall–Kier alpha value is -3.65. The highest BCUT2D eigenvalue weighted by Gasteiger charge is 2.18. The maximum atomic E-state index is 10.8. The molecule has 0 fully saturated rings. The zero-order chi connectivity index (χ0) is 22.4. The van der Waals surface area contributed by atoms with Crippen LogP contribution in [-0.4, -0.2) is 45.8 Å². The van der Waals surface area contributed by atoms with Crippen LogP contribution in [0, 0.1) is 6.92 Å². The summed E-state index contributed by atoms with van der Waals surface area (Å²) in [7, 11) is 1.55. The number of hydrogen-bond donors (Lipinski definition) is 4. The average Bonchev–Trinajstić information content (AvgIpc) is 2.76. The number of nitrogens with one attached hydrogen (secondary N) is 1. The monoisotopic (exact) mass is 422 g/mol. The predicted octanol–water partition coefficient (Wildman–Crippen LogP) is 3.44. The first-order valence-electron chi connectivity index (χ1n) is 9.93. The number of phenols is 1. The van der Waals surface area contributed by atoms with Crippen molar-refractivity contribution in [3.8, 4) is 33.9 Å². The van der Waals surface area contributed by atoms with Gasteiger partial charge in [-0.1, -0.05) is 30.3 Å². The summed E-state index contributed by atoms with van der Waals surface area (Å²) in [4.78, 5) is 19.9. The van der Waals surface area contributed by atoms with Crippen molar-refractivity contribution in [3.05, 3.63) is 54.2 Å². The van der Waals surface area contributed by atoms with E-state index in [2.05, 4.69) is 15.3 Å². The molecule has 0 saturated heterocycles. The molecule has 2 aromatic carbocycles. The molecule has 3 aromatic rings. The topological polar surface area (TPSA) is 131 Å². The molecule has 0 spiro atoms. The number of ether oxygens (including phenoxy) is 1. The number of benzene rings is 2. The quantitative estimate of drug-likeness (QED) is 0.386. The van der Waals surface area contributed by atoms with E-state index in [-0.39, 0.29) is 5.75 Å². The molecule has 1 heterocycles. The Labute approximate surface area is 180 Å². The Morgan fingerprint density at radius 2 is 2.00 bits per heavy atom. The fourth-order valence-corrected chi connectivity index (χ4v) is 3.29. The Morgan fingerprint density at radius 1 is 1.26 bits per heavy atom. The first-order chi connectivity index (χ1) is 14.9. The van der Waals surface area contributed by atoms with E-state index in [1.807, 2.05) is 43.3 Å². The smallest absolute Gasteiger partial charge is 0.320 e. The van der Waals surface area contributed by atoms with Gasteiger partial charge in [-0.25, -0.2) is 9.97 Å². The summed E-state index contributed by atoms with van der Waals surface area (Å²) in [5.74, 6) is -0.0160. The normalized spacial score (nSPS) is 11.7. The van der Waals surface area contributed by atoms with E-state index in [0.717, 1.165) is 16.7 Å². The van der Waals surface area contributed by atoms with Crippen LogP contribution in [0.3, 0.4) is 0 Å². The molecule has 8 heteroatoms. The highest BCUT2D eigenvalue weighted by atomic mass is 16.5. The van der Waals surface area contributed by atoms with Crippen molar-refractivity contribution in [1.29, 1.82) is 0 Å². The van der Waals surface area contributed by atoms with E-state index in [1.54, 1.807) is 19.4 Å². The van der Waals surface area contributed by atoms with Crippen LogP contribution in [0.1, 0.15) is 18.4 Å². The van der Waals surface area contributed by atoms with Crippen molar-refractivity contribution >= 4 is 11.9 Å². The first kappa shape index (κ1) is 22.0. The van der Waals surface area contributed by atoms with Crippen molar-refractivity contribution in [3.63, 3.8) is 0 Å². The van der Waals surface area contributed by atoms with E-state index >= 15 is 0 Å². The summed E-state index contributed by atoms with van der Waals surface area (Å²) in [6.07, 6.45) is 2.61. The molecule has 0 aliphatic heterocycles. The summed E-state index contributed by atoms with van der Waals surface area (Å²) < 4.78 is 5.25. The zero-order valence-corrected chi connectivity index (χ0v) is 17.5. The van der Waals surface area contributed by atoms with Crippen LogP contribution in [0.2, 0.25) is 0 Å². The van der Waals surface area contributed by atoms with Gasteiger partial charge in [-0.2, -0.15) is 0 Å². The number of aromatic hydroxyl groups is 1. The summed E-state index contributed by atoms with van der Waals surface area (Å²) >= 11 is 0. The molecule has 5 N–H and O–H groups in total. The largest absolute Gasteiger partial charge is 0.507 e. The van der Waals surface area contributed by atoms with Gasteiger partial charge < -0.3 is 26.0 Å². The number of carboxylic acids is 1. The lowest BCUT2D eigenvalue weighted by Crippen LogP contribution is -2.30. The molecule has 162 valence electrons. The molecular formula is C23H26N4O4. The number of aromatic nitrogens is 2. The molecule has 3 rings (SSSR count). The summed E-state index contributed by atoms with van der Waals surface area (Å²) in [5.41, 5.74) is 9.24. The number of phenolic OH excluding ortho intramolecular Hbond substituents is 1. The number of nitrogens with two attached hydrogens (primary N) is 1. The van der Waals surface area contributed by atoms with Crippen LogP contribution in [0.5, 0.6) is 11.5 Å². The second-order valence-electron chi connectivity index (χ2n) is 7.17. The lowest BCUT2D eigenvalue weighted by Gasteiger charge is -2.16. The predicted molar refractivity (Wildman–Crippen MR) is 119 cm³/mol. The van der Waals surface area contributed by atoms with Gasteiger partial charge in [0.1, 0.15) is 17.5 Å². The van der Waals surface area contributed by atoms with Crippen molar-refractivity contribution in [2.75, 3.05) is 19.0 Å². The Kier molecular flexibility index (Phi) is 7.04. The number of methoxy groups -OCH3 is 1. The number of carboxylic acid groups (broad SMARTS) is 1. The zero-order valence-electron chi connectivity index (χ0n) is 17.5. The molecule has 0 aliphatic rings. The third-order valence-corrected chi connectivity index (χ3v) is 4.93. The van der Waals surface area contributed by atoms with Gasteiger partial charge in [0.05, 0.1) is 12.8 Å². The molecule has 0 amide bonds. The number of rotatable bonds is 9. The molecule has 0 radical (unpaired) electrons. The first-order valence-corrected chi connectivity index (χ1v) is 9.93. The lowest BCUT2D eigenvalue weighted by molar-refractivity contribution is -0.138. The van der Waals surface area contributed by atoms with Gasteiger partial charge in [0.15, 0.2) is 0 Å². The van der Waals surface area contributed by atoms with Gasteiger partial charge >= 0.3 is 5.97 Å². The van der Waals surface area contributed by atoms with Crippen molar-refractivity contribution in [1.82, 2.24) is 9.97 Å². The van der Waals surface area contributed by atoms with Crippen molar-refractivity contribution < 1.29 is 19.7 Å². The minimum absolute atomic E-state index is 0.0612. The maximum absolute atomic E-state index is 10.8. The second kappa shape index (κ2) is 9.90. The average molecular weight is 422 g/mol. The maximum Gasteiger partial charge on any atom is 0.320 e. The van der Waals surface area contributed by atoms with Crippen LogP contribution >= 0.6 is 0 Å². The van der Waals surface area contributed by atoms with Crippen LogP contribution < -0.4 is 15.8 Å². The minimum Gasteiger partial charge on any atom is -0.507 e. The van der Waals surface area contributed by atoms with Gasteiger partial charge in [-0.05, 0) is 37.0 Å². The van der Waals surface area contributed by atoms with Crippen molar-refractivity contribution in [2.45, 2.75) is 25.8 Å². The van der Waals surface area contributed by atoms with E-state index in [4.69, 9.17) is 15.6 Å². The van der Waals surface area contributed by atoms with Crippen LogP contribution in [-0.2, 0) is 4.79 Å². The molecule has 0 bridgehead atoms. The Morgan fingerprint density at radius 3 is 2.65 bits per heavy atom. The number of anilines is 1. The van der Waals surface area contributed by atoms with Gasteiger partial charge in [0, 0.05) is 29.9 Å². The molecule has 0 aliphatic carbocycles. The Balaban J connectivity index is 1.95. The van der Waals surface area contributed by atoms with Gasteiger partial charge in [-0.3, -0.25) is 4.79 Å². The number of aryl methyl sites for hydroxylation is 1. The van der Waals surface area contributed by atoms with Crippen LogP contribution in [0.25, 0.3) is 22.4 Å². The van der Waals surface area contributed by atoms with E-state index in [1.165, 1.54) is 0 Å². The van der Waals surface area contributed by atoms with E-state index in [9.17, 15) is 9.90 Å². The molecule has 0 saturated carbocycles. The third-order valence-electron chi connectivity index (χ3n) is 4.93. The Bertz CT molecular complexity index is 1030. The fraction of sp³-hybridized carbons (Fsp3) is 0.261. The number of aliphatic carboxylic acids is 1. The molecular weight excluding hydrogens is 396 g/mol. The number of hydrogen-bond acceptors (Lipinski definition) is 7. The van der Waals surface area contributed by atoms with Gasteiger partial charge in [-0.15, -0.1) is 0 Å². The second-order valence-corrected chi connectivity index (χ2v) is 7.17.